The van der Waals surface area contributed by atoms with Crippen LogP contribution in [-0.2, 0) is 14.8 Å². The van der Waals surface area contributed by atoms with Crippen LogP contribution in [0.1, 0.15) is 12.8 Å². The van der Waals surface area contributed by atoms with Gasteiger partial charge >= 0.3 is 0 Å². The Labute approximate surface area is 122 Å². The fraction of sp³-hybridized carbons (Fsp3) is 0.462. The average molecular weight is 318 g/mol. The van der Waals surface area contributed by atoms with Crippen molar-refractivity contribution in [1.82, 2.24) is 9.21 Å². The van der Waals surface area contributed by atoms with E-state index in [4.69, 9.17) is 0 Å². The maximum absolute atomic E-state index is 13.7. The predicted molar refractivity (Wildman–Crippen MR) is 72.0 cm³/mol. The summed E-state index contributed by atoms with van der Waals surface area (Å²) in [6.07, 6.45) is 0.811. The standard InChI is InChI=1S/C13H16F2N2O3S/c1-16(2)13(18)11-7-4-8-17(11)21(19,20)12-9(14)5-3-6-10(12)15/h3,5-6,11H,4,7-8H2,1-2H3. The Hall–Kier alpha value is -1.54. The molecule has 1 aliphatic rings. The molecule has 116 valence electrons. The molecule has 21 heavy (non-hydrogen) atoms. The van der Waals surface area contributed by atoms with Crippen molar-refractivity contribution in [3.8, 4) is 0 Å². The molecule has 1 aromatic carbocycles. The maximum Gasteiger partial charge on any atom is 0.249 e. The van der Waals surface area contributed by atoms with E-state index in [0.29, 0.717) is 12.8 Å². The molecule has 1 unspecified atom stereocenters. The molecule has 2 rings (SSSR count). The number of halogens is 2. The number of amides is 1. The Balaban J connectivity index is 2.46. The summed E-state index contributed by atoms with van der Waals surface area (Å²) in [4.78, 5) is 12.3. The zero-order valence-electron chi connectivity index (χ0n) is 11.7. The Morgan fingerprint density at radius 1 is 1.29 bits per heavy atom. The first-order valence-electron chi connectivity index (χ1n) is 6.44. The molecule has 5 nitrogen and oxygen atoms in total. The summed E-state index contributed by atoms with van der Waals surface area (Å²) in [6, 6.07) is 1.95. The van der Waals surface area contributed by atoms with Crippen molar-refractivity contribution in [1.29, 1.82) is 0 Å². The summed E-state index contributed by atoms with van der Waals surface area (Å²) in [7, 11) is -1.37. The van der Waals surface area contributed by atoms with Gasteiger partial charge < -0.3 is 4.90 Å². The summed E-state index contributed by atoms with van der Waals surface area (Å²) in [5, 5.41) is 0. The van der Waals surface area contributed by atoms with Crippen molar-refractivity contribution in [2.75, 3.05) is 20.6 Å². The molecule has 0 saturated carbocycles. The first-order chi connectivity index (χ1) is 9.76. The van der Waals surface area contributed by atoms with Crippen LogP contribution in [0.2, 0.25) is 0 Å². The molecule has 0 radical (unpaired) electrons. The van der Waals surface area contributed by atoms with E-state index in [9.17, 15) is 22.0 Å². The van der Waals surface area contributed by atoms with Crippen LogP contribution in [-0.4, -0.2) is 50.2 Å². The third kappa shape index (κ3) is 2.77. The summed E-state index contributed by atoms with van der Waals surface area (Å²) in [5.74, 6) is -2.70. The van der Waals surface area contributed by atoms with Gasteiger partial charge in [0, 0.05) is 20.6 Å². The number of hydrogen-bond acceptors (Lipinski definition) is 3. The fourth-order valence-corrected chi connectivity index (χ4v) is 4.18. The van der Waals surface area contributed by atoms with Crippen LogP contribution in [0.3, 0.4) is 0 Å². The Morgan fingerprint density at radius 3 is 2.38 bits per heavy atom. The minimum Gasteiger partial charge on any atom is -0.347 e. The molecule has 1 atom stereocenters. The van der Waals surface area contributed by atoms with Gasteiger partial charge in [-0.25, -0.2) is 17.2 Å². The molecular formula is C13H16F2N2O3S. The molecule has 0 N–H and O–H groups in total. The van der Waals surface area contributed by atoms with E-state index in [1.807, 2.05) is 0 Å². The highest BCUT2D eigenvalue weighted by molar-refractivity contribution is 7.89. The number of carbonyl (C=O) groups excluding carboxylic acids is 1. The summed E-state index contributed by atoms with van der Waals surface area (Å²) in [6.45, 7) is 0.0698. The van der Waals surface area contributed by atoms with Crippen LogP contribution in [0.25, 0.3) is 0 Å². The Morgan fingerprint density at radius 2 is 1.86 bits per heavy atom. The quantitative estimate of drug-likeness (QED) is 0.841. The third-order valence-corrected chi connectivity index (χ3v) is 5.38. The molecule has 8 heteroatoms. The second-order valence-electron chi connectivity index (χ2n) is 5.06. The van der Waals surface area contributed by atoms with E-state index in [2.05, 4.69) is 0 Å². The van der Waals surface area contributed by atoms with Gasteiger partial charge in [0.15, 0.2) is 4.90 Å². The number of nitrogens with zero attached hydrogens (tertiary/aromatic N) is 2. The zero-order valence-corrected chi connectivity index (χ0v) is 12.5. The van der Waals surface area contributed by atoms with Crippen molar-refractivity contribution in [3.63, 3.8) is 0 Å². The van der Waals surface area contributed by atoms with Gasteiger partial charge in [-0.3, -0.25) is 4.79 Å². The average Bonchev–Trinajstić information content (AvgIpc) is 2.86. The largest absolute Gasteiger partial charge is 0.347 e. The van der Waals surface area contributed by atoms with Crippen molar-refractivity contribution in [3.05, 3.63) is 29.8 Å². The maximum atomic E-state index is 13.7. The van der Waals surface area contributed by atoms with Gasteiger partial charge in [-0.2, -0.15) is 4.31 Å². The summed E-state index contributed by atoms with van der Waals surface area (Å²) in [5.41, 5.74) is 0. The molecule has 1 aromatic rings. The highest BCUT2D eigenvalue weighted by Crippen LogP contribution is 2.29. The minimum atomic E-state index is -4.39. The second kappa shape index (κ2) is 5.69. The second-order valence-corrected chi connectivity index (χ2v) is 6.88. The molecule has 0 aliphatic carbocycles. The smallest absolute Gasteiger partial charge is 0.249 e. The summed E-state index contributed by atoms with van der Waals surface area (Å²) < 4.78 is 53.4. The number of likely N-dealkylation sites (N-methyl/N-ethyl adjacent to an activating group) is 1. The van der Waals surface area contributed by atoms with Crippen LogP contribution in [0.15, 0.2) is 23.1 Å². The molecular weight excluding hydrogens is 302 g/mol. The van der Waals surface area contributed by atoms with Crippen LogP contribution in [0.4, 0.5) is 8.78 Å². The van der Waals surface area contributed by atoms with Crippen molar-refractivity contribution < 1.29 is 22.0 Å². The summed E-state index contributed by atoms with van der Waals surface area (Å²) >= 11 is 0. The topological polar surface area (TPSA) is 57.7 Å². The first kappa shape index (κ1) is 15.8. The van der Waals surface area contributed by atoms with Crippen molar-refractivity contribution in [2.45, 2.75) is 23.8 Å². The number of hydrogen-bond donors (Lipinski definition) is 0. The number of benzene rings is 1. The van der Waals surface area contributed by atoms with Gasteiger partial charge in [-0.05, 0) is 25.0 Å². The first-order valence-corrected chi connectivity index (χ1v) is 7.88. The Bertz CT molecular complexity index is 641. The zero-order chi connectivity index (χ0) is 15.8. The normalized spacial score (nSPS) is 19.7. The lowest BCUT2D eigenvalue weighted by molar-refractivity contribution is -0.132. The highest BCUT2D eigenvalue weighted by atomic mass is 32.2. The van der Waals surface area contributed by atoms with Crippen LogP contribution in [0.5, 0.6) is 0 Å². The Kier molecular flexibility index (Phi) is 4.29. The molecule has 0 spiro atoms. The van der Waals surface area contributed by atoms with E-state index in [0.717, 1.165) is 22.5 Å². The molecule has 0 aromatic heterocycles. The lowest BCUT2D eigenvalue weighted by atomic mass is 10.2. The van der Waals surface area contributed by atoms with Gasteiger partial charge in [0.1, 0.15) is 17.7 Å². The van der Waals surface area contributed by atoms with E-state index >= 15 is 0 Å². The van der Waals surface area contributed by atoms with Gasteiger partial charge in [-0.15, -0.1) is 0 Å². The van der Waals surface area contributed by atoms with Crippen molar-refractivity contribution in [2.24, 2.45) is 0 Å². The molecule has 1 fully saturated rings. The monoisotopic (exact) mass is 318 g/mol. The number of sulfonamides is 1. The fourth-order valence-electron chi connectivity index (χ4n) is 2.42. The molecule has 1 saturated heterocycles. The van der Waals surface area contributed by atoms with Gasteiger partial charge in [-0.1, -0.05) is 6.07 Å². The number of carbonyl (C=O) groups is 1. The number of rotatable bonds is 3. The van der Waals surface area contributed by atoms with Gasteiger partial charge in [0.2, 0.25) is 15.9 Å². The van der Waals surface area contributed by atoms with E-state index in [-0.39, 0.29) is 6.54 Å². The van der Waals surface area contributed by atoms with Crippen LogP contribution >= 0.6 is 0 Å². The molecule has 1 amide bonds. The van der Waals surface area contributed by atoms with Gasteiger partial charge in [0.25, 0.3) is 0 Å². The predicted octanol–water partition coefficient (Wildman–Crippen LogP) is 1.21. The minimum absolute atomic E-state index is 0.0698. The van der Waals surface area contributed by atoms with Gasteiger partial charge in [0.05, 0.1) is 0 Å². The lowest BCUT2D eigenvalue weighted by Crippen LogP contribution is -2.45. The van der Waals surface area contributed by atoms with E-state index in [1.54, 1.807) is 0 Å². The molecule has 1 heterocycles. The van der Waals surface area contributed by atoms with E-state index < -0.39 is 38.5 Å². The van der Waals surface area contributed by atoms with Crippen molar-refractivity contribution >= 4 is 15.9 Å². The molecule has 0 bridgehead atoms. The SMILES string of the molecule is CN(C)C(=O)C1CCCN1S(=O)(=O)c1c(F)cccc1F. The van der Waals surface area contributed by atoms with E-state index in [1.165, 1.54) is 19.0 Å². The highest BCUT2D eigenvalue weighted by Gasteiger charge is 2.42. The third-order valence-electron chi connectivity index (χ3n) is 3.42. The lowest BCUT2D eigenvalue weighted by Gasteiger charge is -2.25. The van der Waals surface area contributed by atoms with Crippen LogP contribution < -0.4 is 0 Å². The van der Waals surface area contributed by atoms with Crippen LogP contribution in [0, 0.1) is 11.6 Å². The molecule has 1 aliphatic heterocycles.